The van der Waals surface area contributed by atoms with Gasteiger partial charge in [0.25, 0.3) is 0 Å². The molecule has 2 rings (SSSR count). The van der Waals surface area contributed by atoms with Crippen LogP contribution in [-0.2, 0) is 13.2 Å². The van der Waals surface area contributed by atoms with Crippen molar-refractivity contribution in [3.8, 4) is 11.5 Å². The second kappa shape index (κ2) is 8.18. The van der Waals surface area contributed by atoms with E-state index in [9.17, 15) is 4.39 Å². The molecule has 0 aliphatic rings. The zero-order valence-corrected chi connectivity index (χ0v) is 14.3. The lowest BCUT2D eigenvalue weighted by Crippen LogP contribution is -2.21. The topological polar surface area (TPSA) is 30.5 Å². The van der Waals surface area contributed by atoms with Crippen molar-refractivity contribution >= 4 is 11.6 Å². The van der Waals surface area contributed by atoms with E-state index in [0.717, 1.165) is 12.1 Å². The van der Waals surface area contributed by atoms with Gasteiger partial charge in [-0.1, -0.05) is 37.6 Å². The summed E-state index contributed by atoms with van der Waals surface area (Å²) in [6, 6.07) is 10.7. The molecule has 124 valence electrons. The Morgan fingerprint density at radius 3 is 2.61 bits per heavy atom. The minimum absolute atomic E-state index is 0.0471. The zero-order chi connectivity index (χ0) is 16.8. The molecule has 0 saturated carbocycles. The van der Waals surface area contributed by atoms with Gasteiger partial charge in [0.2, 0.25) is 0 Å². The van der Waals surface area contributed by atoms with Gasteiger partial charge in [-0.2, -0.15) is 0 Å². The fraction of sp³-hybridized carbons (Fsp3) is 0.333. The Kier molecular flexibility index (Phi) is 6.25. The van der Waals surface area contributed by atoms with Crippen LogP contribution in [0.25, 0.3) is 0 Å². The molecule has 0 atom stereocenters. The second-order valence-corrected chi connectivity index (χ2v) is 5.92. The van der Waals surface area contributed by atoms with E-state index in [-0.39, 0.29) is 12.4 Å². The van der Waals surface area contributed by atoms with E-state index in [2.05, 4.69) is 19.2 Å². The molecule has 1 N–H and O–H groups in total. The summed E-state index contributed by atoms with van der Waals surface area (Å²) in [5.41, 5.74) is 1.42. The zero-order valence-electron chi connectivity index (χ0n) is 13.5. The van der Waals surface area contributed by atoms with Crippen LogP contribution in [0.2, 0.25) is 5.02 Å². The molecule has 0 amide bonds. The van der Waals surface area contributed by atoms with Crippen LogP contribution in [0.5, 0.6) is 11.5 Å². The maximum absolute atomic E-state index is 13.8. The van der Waals surface area contributed by atoms with Gasteiger partial charge >= 0.3 is 0 Å². The third kappa shape index (κ3) is 4.85. The highest BCUT2D eigenvalue weighted by Gasteiger charge is 2.11. The molecule has 23 heavy (non-hydrogen) atoms. The lowest BCUT2D eigenvalue weighted by atomic mass is 10.2. The summed E-state index contributed by atoms with van der Waals surface area (Å²) in [4.78, 5) is 0. The van der Waals surface area contributed by atoms with Gasteiger partial charge in [0.05, 0.1) is 12.1 Å². The van der Waals surface area contributed by atoms with E-state index in [0.29, 0.717) is 28.1 Å². The number of hydrogen-bond donors (Lipinski definition) is 1. The maximum atomic E-state index is 13.8. The van der Waals surface area contributed by atoms with Crippen LogP contribution in [-0.4, -0.2) is 13.2 Å². The largest absolute Gasteiger partial charge is 0.493 e. The first-order valence-electron chi connectivity index (χ1n) is 7.47. The summed E-state index contributed by atoms with van der Waals surface area (Å²) in [6.45, 7) is 4.97. The molecule has 0 aromatic heterocycles. The first-order valence-corrected chi connectivity index (χ1v) is 7.85. The lowest BCUT2D eigenvalue weighted by Gasteiger charge is -2.14. The van der Waals surface area contributed by atoms with E-state index < -0.39 is 0 Å². The van der Waals surface area contributed by atoms with Crippen molar-refractivity contribution in [3.63, 3.8) is 0 Å². The third-order valence-corrected chi connectivity index (χ3v) is 3.73. The molecule has 0 heterocycles. The molecular formula is C18H21ClFNO2. The predicted octanol–water partition coefficient (Wildman–Crippen LogP) is 4.56. The van der Waals surface area contributed by atoms with Gasteiger partial charge in [-0.25, -0.2) is 4.39 Å². The van der Waals surface area contributed by atoms with E-state index in [1.54, 1.807) is 19.2 Å². The van der Waals surface area contributed by atoms with Crippen molar-refractivity contribution < 1.29 is 13.9 Å². The highest BCUT2D eigenvalue weighted by Crippen LogP contribution is 2.30. The van der Waals surface area contributed by atoms with Crippen LogP contribution in [0.15, 0.2) is 36.4 Å². The number of halogens is 2. The molecule has 0 aliphatic carbocycles. The van der Waals surface area contributed by atoms with Crippen molar-refractivity contribution in [2.24, 2.45) is 0 Å². The van der Waals surface area contributed by atoms with Gasteiger partial charge in [-0.05, 0) is 29.8 Å². The first-order chi connectivity index (χ1) is 11.0. The first kappa shape index (κ1) is 17.6. The smallest absolute Gasteiger partial charge is 0.161 e. The van der Waals surface area contributed by atoms with Gasteiger partial charge in [0, 0.05) is 18.2 Å². The van der Waals surface area contributed by atoms with Crippen molar-refractivity contribution in [3.05, 3.63) is 58.4 Å². The third-order valence-electron chi connectivity index (χ3n) is 3.38. The van der Waals surface area contributed by atoms with Crippen LogP contribution >= 0.6 is 11.6 Å². The average Bonchev–Trinajstić information content (AvgIpc) is 2.53. The average molecular weight is 338 g/mol. The highest BCUT2D eigenvalue weighted by atomic mass is 35.5. The fourth-order valence-electron chi connectivity index (χ4n) is 2.08. The van der Waals surface area contributed by atoms with Crippen LogP contribution in [0, 0.1) is 5.82 Å². The molecule has 0 bridgehead atoms. The number of nitrogens with one attached hydrogen (secondary N) is 1. The van der Waals surface area contributed by atoms with Gasteiger partial charge in [0.15, 0.2) is 11.5 Å². The summed E-state index contributed by atoms with van der Waals surface area (Å²) < 4.78 is 24.8. The Bertz CT molecular complexity index is 641. The fourth-order valence-corrected chi connectivity index (χ4v) is 2.30. The van der Waals surface area contributed by atoms with E-state index in [1.165, 1.54) is 6.07 Å². The number of methoxy groups -OCH3 is 1. The molecule has 0 saturated heterocycles. The molecule has 3 nitrogen and oxygen atoms in total. The lowest BCUT2D eigenvalue weighted by molar-refractivity contribution is 0.279. The highest BCUT2D eigenvalue weighted by molar-refractivity contribution is 6.31. The summed E-state index contributed by atoms with van der Waals surface area (Å²) in [6.07, 6.45) is 0. The molecular weight excluding hydrogens is 317 g/mol. The Morgan fingerprint density at radius 2 is 1.96 bits per heavy atom. The van der Waals surface area contributed by atoms with Gasteiger partial charge in [-0.3, -0.25) is 0 Å². The Morgan fingerprint density at radius 1 is 1.17 bits per heavy atom. The molecule has 0 unspecified atom stereocenters. The minimum Gasteiger partial charge on any atom is -0.493 e. The number of ether oxygens (including phenoxy) is 2. The molecule has 0 spiro atoms. The van der Waals surface area contributed by atoms with Crippen LogP contribution in [0.1, 0.15) is 25.0 Å². The Hall–Kier alpha value is -1.78. The van der Waals surface area contributed by atoms with Crippen molar-refractivity contribution in [2.75, 3.05) is 7.11 Å². The molecule has 0 radical (unpaired) electrons. The van der Waals surface area contributed by atoms with Crippen molar-refractivity contribution in [2.45, 2.75) is 33.0 Å². The van der Waals surface area contributed by atoms with Crippen LogP contribution < -0.4 is 14.8 Å². The maximum Gasteiger partial charge on any atom is 0.161 e. The summed E-state index contributed by atoms with van der Waals surface area (Å²) >= 11 is 6.01. The van der Waals surface area contributed by atoms with E-state index >= 15 is 0 Å². The van der Waals surface area contributed by atoms with Crippen LogP contribution in [0.4, 0.5) is 4.39 Å². The van der Waals surface area contributed by atoms with Gasteiger partial charge < -0.3 is 14.8 Å². The summed E-state index contributed by atoms with van der Waals surface area (Å²) in [5, 5.41) is 3.69. The van der Waals surface area contributed by atoms with Gasteiger partial charge in [0.1, 0.15) is 12.4 Å². The van der Waals surface area contributed by atoms with E-state index in [1.807, 2.05) is 18.2 Å². The normalized spacial score (nSPS) is 10.9. The monoisotopic (exact) mass is 337 g/mol. The van der Waals surface area contributed by atoms with Gasteiger partial charge in [-0.15, -0.1) is 0 Å². The summed E-state index contributed by atoms with van der Waals surface area (Å²) in [5.74, 6) is 0.787. The second-order valence-electron chi connectivity index (χ2n) is 5.51. The number of rotatable bonds is 7. The van der Waals surface area contributed by atoms with Crippen molar-refractivity contribution in [1.82, 2.24) is 5.32 Å². The quantitative estimate of drug-likeness (QED) is 0.803. The van der Waals surface area contributed by atoms with E-state index in [4.69, 9.17) is 21.1 Å². The molecule has 0 fully saturated rings. The standard InChI is InChI=1S/C18H21ClFNO2/c1-12(2)21-10-13-7-8-17(18(9-13)22-3)23-11-14-15(19)5-4-6-16(14)20/h4-9,12,21H,10-11H2,1-3H3. The Labute approximate surface area is 141 Å². The molecule has 2 aromatic rings. The molecule has 2 aromatic carbocycles. The predicted molar refractivity (Wildman–Crippen MR) is 90.7 cm³/mol. The van der Waals surface area contributed by atoms with Crippen molar-refractivity contribution in [1.29, 1.82) is 0 Å². The Balaban J connectivity index is 2.10. The SMILES string of the molecule is COc1cc(CNC(C)C)ccc1OCc1c(F)cccc1Cl. The minimum atomic E-state index is -0.380. The summed E-state index contributed by atoms with van der Waals surface area (Å²) in [7, 11) is 1.58. The number of hydrogen-bond acceptors (Lipinski definition) is 3. The number of benzene rings is 2. The molecule has 0 aliphatic heterocycles. The molecule has 5 heteroatoms. The van der Waals surface area contributed by atoms with Crippen LogP contribution in [0.3, 0.4) is 0 Å².